The molecule has 12 heavy (non-hydrogen) atoms. The zero-order chi connectivity index (χ0) is 9.14. The molecule has 1 fully saturated rings. The molecule has 68 valence electrons. The zero-order valence-electron chi connectivity index (χ0n) is 7.82. The Balaban J connectivity index is 2.52. The van der Waals surface area contributed by atoms with Crippen molar-refractivity contribution in [2.45, 2.75) is 25.1 Å². The van der Waals surface area contributed by atoms with Crippen LogP contribution in [0.5, 0.6) is 0 Å². The van der Waals surface area contributed by atoms with E-state index in [9.17, 15) is 0 Å². The Bertz CT molecular complexity index is 142. The third kappa shape index (κ3) is 1.81. The van der Waals surface area contributed by atoms with E-state index in [4.69, 9.17) is 22.1 Å². The second-order valence-electron chi connectivity index (χ2n) is 3.15. The molecule has 2 radical (unpaired) electrons. The van der Waals surface area contributed by atoms with Gasteiger partial charge in [0.05, 0.1) is 12.7 Å². The second-order valence-corrected chi connectivity index (χ2v) is 3.15. The molecular weight excluding hydrogens is 155 g/mol. The van der Waals surface area contributed by atoms with E-state index in [1.54, 1.807) is 14.2 Å². The molecule has 4 heteroatoms. The van der Waals surface area contributed by atoms with Crippen molar-refractivity contribution in [3.8, 4) is 0 Å². The molecule has 1 aliphatic rings. The van der Waals surface area contributed by atoms with E-state index in [0.29, 0.717) is 6.61 Å². The van der Waals surface area contributed by atoms with Gasteiger partial charge in [0.1, 0.15) is 14.0 Å². The van der Waals surface area contributed by atoms with Gasteiger partial charge in [0.15, 0.2) is 0 Å². The maximum absolute atomic E-state index is 5.71. The molecular formula is C8H15BO3. The van der Waals surface area contributed by atoms with Gasteiger partial charge in [-0.25, -0.2) is 0 Å². The molecule has 0 aromatic rings. The summed E-state index contributed by atoms with van der Waals surface area (Å²) >= 11 is 0. The summed E-state index contributed by atoms with van der Waals surface area (Å²) in [5, 5.41) is 0. The first kappa shape index (κ1) is 10.0. The monoisotopic (exact) mass is 170 g/mol. The smallest absolute Gasteiger partial charge is 0.109 e. The average Bonchev–Trinajstić information content (AvgIpc) is 2.29. The van der Waals surface area contributed by atoms with Gasteiger partial charge in [-0.3, -0.25) is 0 Å². The minimum Gasteiger partial charge on any atom is -0.382 e. The number of rotatable bonds is 3. The van der Waals surface area contributed by atoms with Crippen LogP contribution in [0.3, 0.4) is 0 Å². The Kier molecular flexibility index (Phi) is 3.56. The van der Waals surface area contributed by atoms with Crippen molar-refractivity contribution in [2.24, 2.45) is 5.92 Å². The van der Waals surface area contributed by atoms with E-state index in [1.165, 1.54) is 0 Å². The molecule has 1 aliphatic heterocycles. The van der Waals surface area contributed by atoms with Crippen LogP contribution in [0.15, 0.2) is 0 Å². The van der Waals surface area contributed by atoms with E-state index < -0.39 is 0 Å². The number of methoxy groups -OCH3 is 2. The van der Waals surface area contributed by atoms with Crippen LogP contribution in [0.25, 0.3) is 0 Å². The summed E-state index contributed by atoms with van der Waals surface area (Å²) in [6.45, 7) is 2.56. The van der Waals surface area contributed by atoms with Crippen LogP contribution >= 0.6 is 0 Å². The van der Waals surface area contributed by atoms with E-state index in [1.807, 2.05) is 6.92 Å². The Hall–Kier alpha value is -0.0551. The van der Waals surface area contributed by atoms with Gasteiger partial charge in [0.25, 0.3) is 0 Å². The lowest BCUT2D eigenvalue weighted by Crippen LogP contribution is -2.31. The van der Waals surface area contributed by atoms with Crippen molar-refractivity contribution < 1.29 is 14.2 Å². The molecule has 0 saturated carbocycles. The van der Waals surface area contributed by atoms with E-state index in [0.717, 1.165) is 0 Å². The predicted octanol–water partition coefficient (Wildman–Crippen LogP) is 0.177. The van der Waals surface area contributed by atoms with Crippen molar-refractivity contribution in [3.63, 3.8) is 0 Å². The quantitative estimate of drug-likeness (QED) is 0.565. The van der Waals surface area contributed by atoms with Crippen LogP contribution in [-0.2, 0) is 14.2 Å². The summed E-state index contributed by atoms with van der Waals surface area (Å²) in [7, 11) is 9.02. The van der Waals surface area contributed by atoms with Gasteiger partial charge in [0.2, 0.25) is 0 Å². The Morgan fingerprint density at radius 3 is 2.58 bits per heavy atom. The highest BCUT2D eigenvalue weighted by atomic mass is 16.6. The van der Waals surface area contributed by atoms with Gasteiger partial charge in [-0.1, -0.05) is 6.92 Å². The fraction of sp³-hybridized carbons (Fsp3) is 1.00. The Labute approximate surface area is 74.8 Å². The molecule has 0 bridgehead atoms. The molecule has 0 amide bonds. The summed E-state index contributed by atoms with van der Waals surface area (Å²) < 4.78 is 15.7. The van der Waals surface area contributed by atoms with Crippen LogP contribution in [0.2, 0.25) is 0 Å². The summed E-state index contributed by atoms with van der Waals surface area (Å²) in [6.07, 6.45) is 0.0324. The van der Waals surface area contributed by atoms with E-state index in [-0.39, 0.29) is 24.1 Å². The second kappa shape index (κ2) is 4.26. The third-order valence-electron chi connectivity index (χ3n) is 2.34. The van der Waals surface area contributed by atoms with Crippen LogP contribution in [0.1, 0.15) is 6.92 Å². The maximum Gasteiger partial charge on any atom is 0.109 e. The lowest BCUT2D eigenvalue weighted by atomic mass is 9.86. The molecule has 0 aromatic heterocycles. The molecule has 3 nitrogen and oxygen atoms in total. The summed E-state index contributed by atoms with van der Waals surface area (Å²) in [5.74, 6) is 0.232. The van der Waals surface area contributed by atoms with Crippen LogP contribution in [0, 0.1) is 5.92 Å². The van der Waals surface area contributed by atoms with Gasteiger partial charge in [0, 0.05) is 26.1 Å². The molecule has 1 saturated heterocycles. The molecule has 4 atom stereocenters. The average molecular weight is 170 g/mol. The topological polar surface area (TPSA) is 27.7 Å². The van der Waals surface area contributed by atoms with Crippen LogP contribution < -0.4 is 0 Å². The highest BCUT2D eigenvalue weighted by molar-refractivity contribution is 6.11. The normalized spacial score (nSPS) is 41.9. The SMILES string of the molecule is [B][C@@H]1O[C@H](COC)C(OC)[C@@H]1C. The predicted molar refractivity (Wildman–Crippen MR) is 46.3 cm³/mol. The van der Waals surface area contributed by atoms with E-state index >= 15 is 0 Å². The molecule has 1 rings (SSSR count). The third-order valence-corrected chi connectivity index (χ3v) is 2.34. The van der Waals surface area contributed by atoms with Crippen LogP contribution in [-0.4, -0.2) is 46.9 Å². The van der Waals surface area contributed by atoms with Crippen molar-refractivity contribution in [1.29, 1.82) is 0 Å². The molecule has 1 heterocycles. The highest BCUT2D eigenvalue weighted by Gasteiger charge is 2.39. The summed E-state index contributed by atoms with van der Waals surface area (Å²) in [4.78, 5) is 0. The first-order chi connectivity index (χ1) is 5.70. The minimum absolute atomic E-state index is 0.0231. The van der Waals surface area contributed by atoms with Gasteiger partial charge in [-0.15, -0.1) is 0 Å². The standard InChI is InChI=1S/C8H15BO3/c1-5-7(11-3)6(4-10-2)12-8(5)9/h5-8H,4H2,1-3H3/t5-,6+,7?,8+/m0/s1. The summed E-state index contributed by atoms with van der Waals surface area (Å²) in [6, 6.07) is -0.227. The minimum atomic E-state index is -0.227. The maximum atomic E-state index is 5.71. The van der Waals surface area contributed by atoms with Crippen molar-refractivity contribution in [3.05, 3.63) is 0 Å². The Morgan fingerprint density at radius 1 is 1.42 bits per heavy atom. The highest BCUT2D eigenvalue weighted by Crippen LogP contribution is 2.27. The number of hydrogen-bond acceptors (Lipinski definition) is 3. The van der Waals surface area contributed by atoms with Gasteiger partial charge in [-0.2, -0.15) is 0 Å². The number of hydrogen-bond donors (Lipinski definition) is 0. The van der Waals surface area contributed by atoms with Crippen molar-refractivity contribution in [2.75, 3.05) is 20.8 Å². The lowest BCUT2D eigenvalue weighted by Gasteiger charge is -2.18. The fourth-order valence-corrected chi connectivity index (χ4v) is 1.59. The Morgan fingerprint density at radius 2 is 2.08 bits per heavy atom. The first-order valence-corrected chi connectivity index (χ1v) is 4.13. The van der Waals surface area contributed by atoms with Crippen molar-refractivity contribution >= 4 is 7.85 Å². The fourth-order valence-electron chi connectivity index (χ4n) is 1.59. The molecule has 0 aromatic carbocycles. The largest absolute Gasteiger partial charge is 0.382 e. The number of ether oxygens (including phenoxy) is 3. The van der Waals surface area contributed by atoms with Gasteiger partial charge < -0.3 is 14.2 Å². The van der Waals surface area contributed by atoms with Crippen molar-refractivity contribution in [1.82, 2.24) is 0 Å². The van der Waals surface area contributed by atoms with E-state index in [2.05, 4.69) is 0 Å². The molecule has 0 aliphatic carbocycles. The van der Waals surface area contributed by atoms with Crippen LogP contribution in [0.4, 0.5) is 0 Å². The molecule has 0 spiro atoms. The van der Waals surface area contributed by atoms with Gasteiger partial charge >= 0.3 is 0 Å². The zero-order valence-corrected chi connectivity index (χ0v) is 7.82. The first-order valence-electron chi connectivity index (χ1n) is 4.13. The summed E-state index contributed by atoms with van der Waals surface area (Å²) in [5.41, 5.74) is 0. The molecule has 1 unspecified atom stereocenters. The molecule has 0 N–H and O–H groups in total. The lowest BCUT2D eigenvalue weighted by molar-refractivity contribution is -0.0335. The van der Waals surface area contributed by atoms with Gasteiger partial charge in [-0.05, 0) is 0 Å².